The Morgan fingerprint density at radius 3 is 2.65 bits per heavy atom. The van der Waals surface area contributed by atoms with E-state index in [1.807, 2.05) is 42.5 Å². The van der Waals surface area contributed by atoms with Crippen molar-refractivity contribution in [1.82, 2.24) is 19.2 Å². The smallest absolute Gasteiger partial charge is 0.262 e. The van der Waals surface area contributed by atoms with Crippen LogP contribution in [0.2, 0.25) is 0 Å². The minimum absolute atomic E-state index is 0.0390. The summed E-state index contributed by atoms with van der Waals surface area (Å²) in [5, 5.41) is 10.1. The highest BCUT2D eigenvalue weighted by atomic mass is 32.2. The third kappa shape index (κ3) is 3.92. The molecule has 3 aromatic rings. The maximum Gasteiger partial charge on any atom is 0.262 e. The summed E-state index contributed by atoms with van der Waals surface area (Å²) in [4.78, 5) is 12.9. The van der Waals surface area contributed by atoms with E-state index in [9.17, 15) is 4.79 Å². The van der Waals surface area contributed by atoms with Gasteiger partial charge in [-0.3, -0.25) is 13.8 Å². The largest absolute Gasteiger partial charge is 0.382 e. The van der Waals surface area contributed by atoms with Gasteiger partial charge in [0.1, 0.15) is 0 Å². The van der Waals surface area contributed by atoms with Crippen molar-refractivity contribution >= 4 is 28.4 Å². The van der Waals surface area contributed by atoms with E-state index in [1.165, 1.54) is 0 Å². The fourth-order valence-corrected chi connectivity index (χ4v) is 3.63. The SMILES string of the molecule is CCOCCCn1c(=O)c2ccccc2n2c(SCCOCC)nnc12. The highest BCUT2D eigenvalue weighted by molar-refractivity contribution is 7.99. The Balaban J connectivity index is 2.01. The topological polar surface area (TPSA) is 70.7 Å². The minimum atomic E-state index is -0.0390. The van der Waals surface area contributed by atoms with Gasteiger partial charge in [0.15, 0.2) is 5.16 Å². The predicted octanol–water partition coefficient (Wildman–Crippen LogP) is 2.60. The lowest BCUT2D eigenvalue weighted by atomic mass is 10.2. The number of hydrogen-bond donors (Lipinski definition) is 0. The zero-order chi connectivity index (χ0) is 18.4. The molecule has 0 atom stereocenters. The number of thioether (sulfide) groups is 1. The van der Waals surface area contributed by atoms with Crippen molar-refractivity contribution in [1.29, 1.82) is 0 Å². The van der Waals surface area contributed by atoms with Crippen molar-refractivity contribution in [3.05, 3.63) is 34.6 Å². The van der Waals surface area contributed by atoms with Gasteiger partial charge in [0.05, 0.1) is 17.5 Å². The number of nitrogens with zero attached hydrogens (tertiary/aromatic N) is 4. The van der Waals surface area contributed by atoms with Crippen molar-refractivity contribution in [2.24, 2.45) is 0 Å². The van der Waals surface area contributed by atoms with Crippen LogP contribution < -0.4 is 5.56 Å². The number of fused-ring (bicyclic) bond motifs is 3. The summed E-state index contributed by atoms with van der Waals surface area (Å²) in [6.07, 6.45) is 0.751. The normalized spacial score (nSPS) is 11.6. The Labute approximate surface area is 156 Å². The fraction of sp³-hybridized carbons (Fsp3) is 0.500. The van der Waals surface area contributed by atoms with Crippen LogP contribution in [0.1, 0.15) is 20.3 Å². The number of benzene rings is 1. The number of para-hydroxylation sites is 1. The number of ether oxygens (including phenoxy) is 2. The molecule has 2 heterocycles. The second-order valence-electron chi connectivity index (χ2n) is 5.69. The molecular formula is C18H24N4O3S. The first-order valence-electron chi connectivity index (χ1n) is 8.92. The molecule has 0 saturated heterocycles. The van der Waals surface area contributed by atoms with E-state index in [0.717, 1.165) is 22.8 Å². The molecule has 0 bridgehead atoms. The number of rotatable bonds is 10. The van der Waals surface area contributed by atoms with Crippen LogP contribution in [0.25, 0.3) is 16.7 Å². The van der Waals surface area contributed by atoms with Gasteiger partial charge in [-0.25, -0.2) is 0 Å². The van der Waals surface area contributed by atoms with E-state index < -0.39 is 0 Å². The number of aryl methyl sites for hydroxylation is 1. The monoisotopic (exact) mass is 376 g/mol. The van der Waals surface area contributed by atoms with Crippen molar-refractivity contribution < 1.29 is 9.47 Å². The number of aromatic nitrogens is 4. The Hall–Kier alpha value is -1.90. The highest BCUT2D eigenvalue weighted by Gasteiger charge is 2.16. The lowest BCUT2D eigenvalue weighted by Gasteiger charge is -2.11. The molecule has 140 valence electrons. The molecule has 1 aromatic carbocycles. The summed E-state index contributed by atoms with van der Waals surface area (Å²) in [5.74, 6) is 1.36. The molecule has 3 rings (SSSR count). The minimum Gasteiger partial charge on any atom is -0.382 e. The second kappa shape index (κ2) is 9.16. The Kier molecular flexibility index (Phi) is 6.65. The maximum absolute atomic E-state index is 12.9. The van der Waals surface area contributed by atoms with Crippen LogP contribution in [-0.4, -0.2) is 51.3 Å². The molecule has 0 aliphatic carbocycles. The maximum atomic E-state index is 12.9. The average Bonchev–Trinajstić information content (AvgIpc) is 3.08. The lowest BCUT2D eigenvalue weighted by Crippen LogP contribution is -2.24. The molecule has 0 spiro atoms. The van der Waals surface area contributed by atoms with Crippen LogP contribution in [0, 0.1) is 0 Å². The third-order valence-electron chi connectivity index (χ3n) is 4.02. The first-order chi connectivity index (χ1) is 12.8. The first-order valence-corrected chi connectivity index (χ1v) is 9.91. The highest BCUT2D eigenvalue weighted by Crippen LogP contribution is 2.21. The lowest BCUT2D eigenvalue weighted by molar-refractivity contribution is 0.141. The molecule has 0 saturated carbocycles. The average molecular weight is 376 g/mol. The molecule has 7 nitrogen and oxygen atoms in total. The standard InChI is InChI=1S/C18H24N4O3S/c1-3-24-11-7-10-21-16(23)14-8-5-6-9-15(14)22-17(21)19-20-18(22)26-13-12-25-4-2/h5-6,8-9H,3-4,7,10-13H2,1-2H3. The van der Waals surface area contributed by atoms with Crippen LogP contribution in [0.15, 0.2) is 34.2 Å². The van der Waals surface area contributed by atoms with Gasteiger partial charge in [-0.15, -0.1) is 10.2 Å². The zero-order valence-electron chi connectivity index (χ0n) is 15.2. The quantitative estimate of drug-likeness (QED) is 0.400. The van der Waals surface area contributed by atoms with Crippen molar-refractivity contribution in [3.8, 4) is 0 Å². The van der Waals surface area contributed by atoms with Crippen LogP contribution in [-0.2, 0) is 16.0 Å². The number of hydrogen-bond acceptors (Lipinski definition) is 6. The van der Waals surface area contributed by atoms with E-state index in [4.69, 9.17) is 9.47 Å². The van der Waals surface area contributed by atoms with Gasteiger partial charge in [-0.2, -0.15) is 0 Å². The molecular weight excluding hydrogens is 352 g/mol. The summed E-state index contributed by atoms with van der Waals surface area (Å²) in [7, 11) is 0. The van der Waals surface area contributed by atoms with E-state index in [1.54, 1.807) is 16.3 Å². The Morgan fingerprint density at radius 1 is 1.08 bits per heavy atom. The van der Waals surface area contributed by atoms with E-state index in [0.29, 0.717) is 44.1 Å². The van der Waals surface area contributed by atoms with Crippen LogP contribution in [0.4, 0.5) is 0 Å². The van der Waals surface area contributed by atoms with Crippen molar-refractivity contribution in [2.45, 2.75) is 32.0 Å². The molecule has 0 aliphatic heterocycles. The molecule has 0 aliphatic rings. The van der Waals surface area contributed by atoms with Crippen LogP contribution in [0.3, 0.4) is 0 Å². The second-order valence-corrected chi connectivity index (χ2v) is 6.75. The van der Waals surface area contributed by atoms with Gasteiger partial charge in [-0.05, 0) is 32.4 Å². The van der Waals surface area contributed by atoms with Crippen molar-refractivity contribution in [3.63, 3.8) is 0 Å². The molecule has 0 radical (unpaired) electrons. The van der Waals surface area contributed by atoms with Gasteiger partial charge in [0.25, 0.3) is 5.56 Å². The summed E-state index contributed by atoms with van der Waals surface area (Å²) in [6.45, 7) is 7.14. The van der Waals surface area contributed by atoms with E-state index in [2.05, 4.69) is 10.2 Å². The van der Waals surface area contributed by atoms with E-state index in [-0.39, 0.29) is 5.56 Å². The first kappa shape index (κ1) is 18.9. The molecule has 0 amide bonds. The Morgan fingerprint density at radius 2 is 1.85 bits per heavy atom. The molecule has 0 unspecified atom stereocenters. The van der Waals surface area contributed by atoms with Gasteiger partial charge in [-0.1, -0.05) is 23.9 Å². The van der Waals surface area contributed by atoms with Gasteiger partial charge in [0, 0.05) is 32.1 Å². The summed E-state index contributed by atoms with van der Waals surface area (Å²) in [5.41, 5.74) is 0.792. The third-order valence-corrected chi connectivity index (χ3v) is 4.91. The van der Waals surface area contributed by atoms with Gasteiger partial charge < -0.3 is 9.47 Å². The summed E-state index contributed by atoms with van der Waals surface area (Å²) < 4.78 is 14.5. The zero-order valence-corrected chi connectivity index (χ0v) is 16.0. The molecule has 2 aromatic heterocycles. The van der Waals surface area contributed by atoms with Crippen LogP contribution >= 0.6 is 11.8 Å². The summed E-state index contributed by atoms with van der Waals surface area (Å²) >= 11 is 1.58. The fourth-order valence-electron chi connectivity index (χ4n) is 2.83. The molecule has 26 heavy (non-hydrogen) atoms. The van der Waals surface area contributed by atoms with Gasteiger partial charge in [0.2, 0.25) is 5.78 Å². The van der Waals surface area contributed by atoms with Crippen LogP contribution in [0.5, 0.6) is 0 Å². The predicted molar refractivity (Wildman–Crippen MR) is 103 cm³/mol. The summed E-state index contributed by atoms with van der Waals surface area (Å²) in [6, 6.07) is 7.59. The van der Waals surface area contributed by atoms with Crippen molar-refractivity contribution in [2.75, 3.05) is 32.2 Å². The Bertz CT molecular complexity index is 922. The molecule has 0 fully saturated rings. The molecule has 0 N–H and O–H groups in total. The van der Waals surface area contributed by atoms with Gasteiger partial charge >= 0.3 is 0 Å². The molecule has 8 heteroatoms. The van der Waals surface area contributed by atoms with E-state index >= 15 is 0 Å².